The average Bonchev–Trinajstić information content (AvgIpc) is 2.73. The molecule has 1 atom stereocenters. The van der Waals surface area contributed by atoms with Gasteiger partial charge in [-0.05, 0) is 18.9 Å². The van der Waals surface area contributed by atoms with Crippen molar-refractivity contribution in [2.24, 2.45) is 5.92 Å². The number of rotatable bonds is 6. The topological polar surface area (TPSA) is 85.8 Å². The molecule has 1 amide bonds. The van der Waals surface area contributed by atoms with Crippen molar-refractivity contribution in [1.29, 1.82) is 0 Å². The monoisotopic (exact) mass is 372 g/mol. The number of hydrogen-bond donors (Lipinski definition) is 1. The molecule has 0 radical (unpaired) electrons. The molecule has 1 aromatic heterocycles. The van der Waals surface area contributed by atoms with Crippen molar-refractivity contribution in [3.63, 3.8) is 0 Å². The van der Waals surface area contributed by atoms with Crippen molar-refractivity contribution in [3.8, 4) is 17.2 Å². The van der Waals surface area contributed by atoms with Crippen molar-refractivity contribution >= 4 is 17.5 Å². The van der Waals surface area contributed by atoms with E-state index in [2.05, 4.69) is 15.3 Å². The number of piperidine rings is 1. The summed E-state index contributed by atoms with van der Waals surface area (Å²) >= 11 is 0. The predicted molar refractivity (Wildman–Crippen MR) is 102 cm³/mol. The standard InChI is InChI=1S/C19H24N4O4/c1-25-15-10-14(11-16(26-2)17(15)27-3)22-18(24)13-6-4-9-23(12-13)19-20-7-5-8-21-19/h5,7-8,10-11,13H,4,6,9,12H2,1-3H3,(H,22,24)/t13-/m1/s1. The second-order valence-electron chi connectivity index (χ2n) is 6.24. The van der Waals surface area contributed by atoms with Crippen LogP contribution in [0.4, 0.5) is 11.6 Å². The molecule has 1 saturated heterocycles. The molecule has 8 heteroatoms. The summed E-state index contributed by atoms with van der Waals surface area (Å²) in [5, 5.41) is 2.96. The summed E-state index contributed by atoms with van der Waals surface area (Å²) in [6.45, 7) is 1.43. The van der Waals surface area contributed by atoms with Gasteiger partial charge in [-0.15, -0.1) is 0 Å². The maximum Gasteiger partial charge on any atom is 0.229 e. The Morgan fingerprint density at radius 2 is 1.78 bits per heavy atom. The van der Waals surface area contributed by atoms with Gasteiger partial charge in [0.1, 0.15) is 0 Å². The Kier molecular flexibility index (Phi) is 5.95. The largest absolute Gasteiger partial charge is 0.493 e. The van der Waals surface area contributed by atoms with Crippen LogP contribution in [0.15, 0.2) is 30.6 Å². The molecule has 1 aromatic carbocycles. The molecule has 1 aliphatic heterocycles. The fraction of sp³-hybridized carbons (Fsp3) is 0.421. The highest BCUT2D eigenvalue weighted by Gasteiger charge is 2.27. The van der Waals surface area contributed by atoms with E-state index in [1.54, 1.807) is 51.9 Å². The molecule has 0 bridgehead atoms. The zero-order valence-corrected chi connectivity index (χ0v) is 15.8. The number of nitrogens with one attached hydrogen (secondary N) is 1. The van der Waals surface area contributed by atoms with Crippen LogP contribution in [-0.4, -0.2) is 50.3 Å². The van der Waals surface area contributed by atoms with Gasteiger partial charge in [-0.2, -0.15) is 0 Å². The Bertz CT molecular complexity index is 760. The number of anilines is 2. The van der Waals surface area contributed by atoms with Gasteiger partial charge in [-0.1, -0.05) is 0 Å². The number of amides is 1. The van der Waals surface area contributed by atoms with E-state index in [0.717, 1.165) is 19.4 Å². The first-order valence-corrected chi connectivity index (χ1v) is 8.79. The Hall–Kier alpha value is -3.03. The number of carbonyl (C=O) groups excluding carboxylic acids is 1. The van der Waals surface area contributed by atoms with Crippen molar-refractivity contribution in [2.45, 2.75) is 12.8 Å². The lowest BCUT2D eigenvalue weighted by molar-refractivity contribution is -0.120. The summed E-state index contributed by atoms with van der Waals surface area (Å²) in [7, 11) is 4.63. The van der Waals surface area contributed by atoms with Gasteiger partial charge in [0.25, 0.3) is 0 Å². The first-order valence-electron chi connectivity index (χ1n) is 8.79. The fourth-order valence-electron chi connectivity index (χ4n) is 3.22. The SMILES string of the molecule is COc1cc(NC(=O)[C@@H]2CCCN(c3ncccn3)C2)cc(OC)c1OC. The summed E-state index contributed by atoms with van der Waals surface area (Å²) in [6.07, 6.45) is 5.15. The molecule has 0 saturated carbocycles. The van der Waals surface area contributed by atoms with Crippen LogP contribution in [0.1, 0.15) is 12.8 Å². The second-order valence-corrected chi connectivity index (χ2v) is 6.24. The molecule has 2 aromatic rings. The highest BCUT2D eigenvalue weighted by atomic mass is 16.5. The van der Waals surface area contributed by atoms with Crippen LogP contribution < -0.4 is 24.4 Å². The molecular weight excluding hydrogens is 348 g/mol. The lowest BCUT2D eigenvalue weighted by Gasteiger charge is -2.32. The molecular formula is C19H24N4O4. The van der Waals surface area contributed by atoms with E-state index in [4.69, 9.17) is 14.2 Å². The molecule has 8 nitrogen and oxygen atoms in total. The second kappa shape index (κ2) is 8.57. The van der Waals surface area contributed by atoms with Crippen LogP contribution in [0.25, 0.3) is 0 Å². The zero-order chi connectivity index (χ0) is 19.2. The Morgan fingerprint density at radius 3 is 2.37 bits per heavy atom. The molecule has 2 heterocycles. The Labute approximate surface area is 158 Å². The summed E-state index contributed by atoms with van der Waals surface area (Å²) in [5.74, 6) is 1.93. The number of benzene rings is 1. The minimum atomic E-state index is -0.151. The summed E-state index contributed by atoms with van der Waals surface area (Å²) in [6, 6.07) is 5.22. The Morgan fingerprint density at radius 1 is 1.11 bits per heavy atom. The normalized spacial score (nSPS) is 16.6. The smallest absolute Gasteiger partial charge is 0.229 e. The van der Waals surface area contributed by atoms with Gasteiger partial charge in [0, 0.05) is 43.3 Å². The number of aromatic nitrogens is 2. The first-order chi connectivity index (χ1) is 13.2. The zero-order valence-electron chi connectivity index (χ0n) is 15.8. The fourth-order valence-corrected chi connectivity index (χ4v) is 3.22. The number of ether oxygens (including phenoxy) is 3. The van der Waals surface area contributed by atoms with E-state index in [0.29, 0.717) is 35.4 Å². The molecule has 1 aliphatic rings. The van der Waals surface area contributed by atoms with Crippen molar-refractivity contribution in [2.75, 3.05) is 44.6 Å². The van der Waals surface area contributed by atoms with E-state index in [1.807, 2.05) is 4.90 Å². The molecule has 27 heavy (non-hydrogen) atoms. The summed E-state index contributed by atoms with van der Waals surface area (Å²) in [5.41, 5.74) is 0.600. The lowest BCUT2D eigenvalue weighted by atomic mass is 9.97. The average molecular weight is 372 g/mol. The maximum atomic E-state index is 12.8. The number of hydrogen-bond acceptors (Lipinski definition) is 7. The summed E-state index contributed by atoms with van der Waals surface area (Å²) < 4.78 is 16.0. The molecule has 1 N–H and O–H groups in total. The van der Waals surface area contributed by atoms with Gasteiger partial charge in [-0.3, -0.25) is 4.79 Å². The van der Waals surface area contributed by atoms with E-state index >= 15 is 0 Å². The molecule has 0 unspecified atom stereocenters. The van der Waals surface area contributed by atoms with Crippen LogP contribution in [0, 0.1) is 5.92 Å². The van der Waals surface area contributed by atoms with Crippen molar-refractivity contribution in [1.82, 2.24) is 9.97 Å². The van der Waals surface area contributed by atoms with E-state index in [1.165, 1.54) is 0 Å². The van der Waals surface area contributed by atoms with Gasteiger partial charge in [0.15, 0.2) is 11.5 Å². The molecule has 3 rings (SSSR count). The number of methoxy groups -OCH3 is 3. The molecule has 144 valence electrons. The predicted octanol–water partition coefficient (Wildman–Crippen LogP) is 2.36. The quantitative estimate of drug-likeness (QED) is 0.833. The van der Waals surface area contributed by atoms with E-state index in [-0.39, 0.29) is 11.8 Å². The number of nitrogens with zero attached hydrogens (tertiary/aromatic N) is 3. The third-order valence-electron chi connectivity index (χ3n) is 4.56. The van der Waals surface area contributed by atoms with Gasteiger partial charge in [-0.25, -0.2) is 9.97 Å². The highest BCUT2D eigenvalue weighted by Crippen LogP contribution is 2.40. The van der Waals surface area contributed by atoms with Gasteiger partial charge >= 0.3 is 0 Å². The molecule has 0 aliphatic carbocycles. The molecule has 1 fully saturated rings. The van der Waals surface area contributed by atoms with Gasteiger partial charge in [0.2, 0.25) is 17.6 Å². The highest BCUT2D eigenvalue weighted by molar-refractivity contribution is 5.93. The van der Waals surface area contributed by atoms with Crippen LogP contribution >= 0.6 is 0 Å². The van der Waals surface area contributed by atoms with Gasteiger partial charge in [0.05, 0.1) is 27.2 Å². The number of carbonyl (C=O) groups is 1. The Balaban J connectivity index is 1.73. The first kappa shape index (κ1) is 18.8. The van der Waals surface area contributed by atoms with Gasteiger partial charge < -0.3 is 24.4 Å². The maximum absolute atomic E-state index is 12.8. The van der Waals surface area contributed by atoms with Crippen LogP contribution in [0.2, 0.25) is 0 Å². The van der Waals surface area contributed by atoms with E-state index < -0.39 is 0 Å². The third kappa shape index (κ3) is 4.21. The van der Waals surface area contributed by atoms with Crippen molar-refractivity contribution in [3.05, 3.63) is 30.6 Å². The lowest BCUT2D eigenvalue weighted by Crippen LogP contribution is -2.41. The van der Waals surface area contributed by atoms with Crippen LogP contribution in [-0.2, 0) is 4.79 Å². The molecule has 0 spiro atoms. The van der Waals surface area contributed by atoms with Crippen molar-refractivity contribution < 1.29 is 19.0 Å². The van der Waals surface area contributed by atoms with Crippen LogP contribution in [0.5, 0.6) is 17.2 Å². The minimum absolute atomic E-state index is 0.0510. The van der Waals surface area contributed by atoms with E-state index in [9.17, 15) is 4.79 Å². The summed E-state index contributed by atoms with van der Waals surface area (Å²) in [4.78, 5) is 23.4. The third-order valence-corrected chi connectivity index (χ3v) is 4.56. The van der Waals surface area contributed by atoms with Crippen LogP contribution in [0.3, 0.4) is 0 Å². The minimum Gasteiger partial charge on any atom is -0.493 e.